The van der Waals surface area contributed by atoms with Crippen LogP contribution in [0.1, 0.15) is 54.7 Å². The quantitative estimate of drug-likeness (QED) is 0.755. The summed E-state index contributed by atoms with van der Waals surface area (Å²) in [6.07, 6.45) is 1.96. The van der Waals surface area contributed by atoms with Gasteiger partial charge in [0.15, 0.2) is 5.82 Å². The molecule has 1 amide bonds. The van der Waals surface area contributed by atoms with E-state index in [-0.39, 0.29) is 35.1 Å². The van der Waals surface area contributed by atoms with Gasteiger partial charge in [-0.05, 0) is 37.3 Å². The van der Waals surface area contributed by atoms with Gasteiger partial charge >= 0.3 is 0 Å². The van der Waals surface area contributed by atoms with Crippen LogP contribution in [0.4, 0.5) is 20.3 Å². The average molecular weight is 365 g/mol. The number of rotatable bonds is 5. The Labute approximate surface area is 149 Å². The van der Waals surface area contributed by atoms with Gasteiger partial charge < -0.3 is 16.2 Å². The Balaban J connectivity index is 1.84. The first-order valence-corrected chi connectivity index (χ1v) is 8.43. The first-order valence-electron chi connectivity index (χ1n) is 8.43. The maximum absolute atomic E-state index is 12.6. The highest BCUT2D eigenvalue weighted by Crippen LogP contribution is 2.34. The monoisotopic (exact) mass is 365 g/mol. The van der Waals surface area contributed by atoms with Crippen LogP contribution in [0.25, 0.3) is 0 Å². The number of alkyl halides is 2. The molecule has 0 bridgehead atoms. The van der Waals surface area contributed by atoms with Crippen molar-refractivity contribution in [2.45, 2.75) is 44.8 Å². The van der Waals surface area contributed by atoms with Gasteiger partial charge in [-0.1, -0.05) is 6.92 Å². The number of hydrogen-bond acceptors (Lipinski definition) is 5. The van der Waals surface area contributed by atoms with Crippen LogP contribution < -0.4 is 11.1 Å². The summed E-state index contributed by atoms with van der Waals surface area (Å²) in [5, 5.41) is 17.1. The van der Waals surface area contributed by atoms with Crippen molar-refractivity contribution in [1.29, 1.82) is 0 Å². The van der Waals surface area contributed by atoms with E-state index in [1.807, 2.05) is 6.92 Å². The Morgan fingerprint density at radius 1 is 1.42 bits per heavy atom. The van der Waals surface area contributed by atoms with Gasteiger partial charge in [0.1, 0.15) is 11.3 Å². The molecule has 0 spiro atoms. The topological polar surface area (TPSA) is 106 Å². The third kappa shape index (κ3) is 3.82. The Bertz CT molecular complexity index is 778. The molecule has 1 fully saturated rings. The summed E-state index contributed by atoms with van der Waals surface area (Å²) in [4.78, 5) is 15.4. The van der Waals surface area contributed by atoms with E-state index in [9.17, 15) is 18.7 Å². The van der Waals surface area contributed by atoms with E-state index in [1.165, 1.54) is 18.3 Å². The van der Waals surface area contributed by atoms with Crippen LogP contribution in [-0.4, -0.2) is 31.9 Å². The normalized spacial score (nSPS) is 23.2. The third-order valence-electron chi connectivity index (χ3n) is 4.71. The van der Waals surface area contributed by atoms with E-state index < -0.39 is 12.3 Å². The van der Waals surface area contributed by atoms with E-state index in [4.69, 9.17) is 5.73 Å². The van der Waals surface area contributed by atoms with Crippen LogP contribution in [-0.2, 0) is 0 Å². The second kappa shape index (κ2) is 7.36. The number of anilines is 2. The number of aromatic nitrogens is 3. The van der Waals surface area contributed by atoms with Crippen molar-refractivity contribution in [3.05, 3.63) is 35.8 Å². The van der Waals surface area contributed by atoms with Gasteiger partial charge in [-0.2, -0.15) is 5.10 Å². The maximum atomic E-state index is 12.6. The number of primary amides is 1. The molecule has 9 heteroatoms. The van der Waals surface area contributed by atoms with Gasteiger partial charge in [0.05, 0.1) is 24.0 Å². The Hall–Kier alpha value is -2.55. The average Bonchev–Trinajstić information content (AvgIpc) is 2.99. The number of carbonyl (C=O) groups is 1. The van der Waals surface area contributed by atoms with Crippen LogP contribution in [0.2, 0.25) is 0 Å². The lowest BCUT2D eigenvalue weighted by Gasteiger charge is -2.31. The molecule has 2 aromatic heterocycles. The van der Waals surface area contributed by atoms with Crippen LogP contribution in [0.3, 0.4) is 0 Å². The Morgan fingerprint density at radius 2 is 2.19 bits per heavy atom. The molecule has 3 rings (SSSR count). The summed E-state index contributed by atoms with van der Waals surface area (Å²) in [7, 11) is 0. The molecule has 1 saturated carbocycles. The third-order valence-corrected chi connectivity index (χ3v) is 4.71. The number of halogens is 2. The number of carbonyl (C=O) groups excluding carboxylic acids is 1. The predicted octanol–water partition coefficient (Wildman–Crippen LogP) is 2.78. The number of pyridine rings is 1. The van der Waals surface area contributed by atoms with Gasteiger partial charge in [0, 0.05) is 6.20 Å². The number of aliphatic hydroxyl groups is 1. The van der Waals surface area contributed by atoms with Crippen molar-refractivity contribution in [3.8, 4) is 0 Å². The highest BCUT2D eigenvalue weighted by molar-refractivity contribution is 5.98. The molecule has 0 unspecified atom stereocenters. The summed E-state index contributed by atoms with van der Waals surface area (Å²) in [6, 6.07) is 2.70. The minimum atomic E-state index is -2.65. The molecule has 0 aliphatic heterocycles. The highest BCUT2D eigenvalue weighted by atomic mass is 19.3. The lowest BCUT2D eigenvalue weighted by Crippen LogP contribution is -2.28. The summed E-state index contributed by atoms with van der Waals surface area (Å²) >= 11 is 0. The molecule has 2 heterocycles. The van der Waals surface area contributed by atoms with Gasteiger partial charge in [-0.25, -0.2) is 8.78 Å². The van der Waals surface area contributed by atoms with Crippen molar-refractivity contribution in [1.82, 2.24) is 14.8 Å². The maximum Gasteiger partial charge on any atom is 0.280 e. The summed E-state index contributed by atoms with van der Waals surface area (Å²) in [6.45, 7) is 2.03. The second-order valence-electron chi connectivity index (χ2n) is 6.64. The molecule has 4 N–H and O–H groups in total. The van der Waals surface area contributed by atoms with Crippen molar-refractivity contribution in [2.75, 3.05) is 5.32 Å². The van der Waals surface area contributed by atoms with Crippen molar-refractivity contribution >= 4 is 17.4 Å². The first-order chi connectivity index (χ1) is 12.3. The van der Waals surface area contributed by atoms with Crippen LogP contribution in [0, 0.1) is 5.92 Å². The zero-order valence-corrected chi connectivity index (χ0v) is 14.3. The molecule has 1 aliphatic rings. The molecule has 3 atom stereocenters. The Kier molecular flexibility index (Phi) is 5.17. The largest absolute Gasteiger partial charge is 0.393 e. The van der Waals surface area contributed by atoms with E-state index in [2.05, 4.69) is 15.4 Å². The van der Waals surface area contributed by atoms with Crippen molar-refractivity contribution < 1.29 is 18.7 Å². The number of hydrogen-bond donors (Lipinski definition) is 3. The van der Waals surface area contributed by atoms with Gasteiger partial charge in [-0.3, -0.25) is 14.5 Å². The fourth-order valence-corrected chi connectivity index (χ4v) is 3.32. The first kappa shape index (κ1) is 18.2. The lowest BCUT2D eigenvalue weighted by atomic mass is 9.84. The van der Waals surface area contributed by atoms with Crippen LogP contribution in [0.15, 0.2) is 24.5 Å². The predicted molar refractivity (Wildman–Crippen MR) is 91.3 cm³/mol. The molecule has 2 aromatic rings. The molecule has 0 aromatic carbocycles. The SMILES string of the molecule is C[C@H]1C[C@H](O)CC[C@@H]1n1cc(C(N)=O)c(Nc2ccc(C(F)F)nc2)n1. The van der Waals surface area contributed by atoms with Crippen LogP contribution >= 0.6 is 0 Å². The molecule has 26 heavy (non-hydrogen) atoms. The Morgan fingerprint density at radius 3 is 2.77 bits per heavy atom. The summed E-state index contributed by atoms with van der Waals surface area (Å²) in [5.41, 5.74) is 5.75. The van der Waals surface area contributed by atoms with E-state index in [0.29, 0.717) is 18.5 Å². The molecular formula is C17H21F2N5O2. The fraction of sp³-hybridized carbons (Fsp3) is 0.471. The molecular weight excluding hydrogens is 344 g/mol. The number of nitrogens with one attached hydrogen (secondary N) is 1. The molecule has 7 nitrogen and oxygen atoms in total. The fourth-order valence-electron chi connectivity index (χ4n) is 3.32. The lowest BCUT2D eigenvalue weighted by molar-refractivity contribution is 0.0748. The van der Waals surface area contributed by atoms with Gasteiger partial charge in [0.2, 0.25) is 0 Å². The van der Waals surface area contributed by atoms with Gasteiger partial charge in [0.25, 0.3) is 12.3 Å². The van der Waals surface area contributed by atoms with Crippen molar-refractivity contribution in [3.63, 3.8) is 0 Å². The van der Waals surface area contributed by atoms with Crippen LogP contribution in [0.5, 0.6) is 0 Å². The number of aliphatic hydroxyl groups excluding tert-OH is 1. The number of nitrogens with two attached hydrogens (primary N) is 1. The smallest absolute Gasteiger partial charge is 0.280 e. The zero-order chi connectivity index (χ0) is 18.8. The number of amides is 1. The molecule has 1 aliphatic carbocycles. The summed E-state index contributed by atoms with van der Waals surface area (Å²) < 4.78 is 26.9. The van der Waals surface area contributed by atoms with Crippen molar-refractivity contribution in [2.24, 2.45) is 11.7 Å². The molecule has 0 saturated heterocycles. The molecule has 0 radical (unpaired) electrons. The van der Waals surface area contributed by atoms with Gasteiger partial charge in [-0.15, -0.1) is 0 Å². The minimum absolute atomic E-state index is 0.0476. The van der Waals surface area contributed by atoms with E-state index in [0.717, 1.165) is 6.42 Å². The second-order valence-corrected chi connectivity index (χ2v) is 6.64. The highest BCUT2D eigenvalue weighted by Gasteiger charge is 2.29. The minimum Gasteiger partial charge on any atom is -0.393 e. The molecule has 140 valence electrons. The zero-order valence-electron chi connectivity index (χ0n) is 14.3. The number of nitrogens with zero attached hydrogens (tertiary/aromatic N) is 3. The summed E-state index contributed by atoms with van der Waals surface area (Å²) in [5.74, 6) is -0.193. The standard InChI is InChI=1S/C17H21F2N5O2/c1-9-6-11(25)3-5-14(9)24-8-12(16(20)26)17(23-24)22-10-2-4-13(15(18)19)21-7-10/h2,4,7-9,11,14-15,25H,3,5-6H2,1H3,(H2,20,26)(H,22,23)/t9-,11+,14-/m0/s1. The van der Waals surface area contributed by atoms with E-state index in [1.54, 1.807) is 10.9 Å². The van der Waals surface area contributed by atoms with E-state index >= 15 is 0 Å².